The minimum absolute atomic E-state index is 0.00261. The Morgan fingerprint density at radius 1 is 1.32 bits per heavy atom. The fourth-order valence-electron chi connectivity index (χ4n) is 2.22. The summed E-state index contributed by atoms with van der Waals surface area (Å²) in [6.07, 6.45) is 0. The molecule has 2 rings (SSSR count). The Morgan fingerprint density at radius 2 is 1.95 bits per heavy atom. The maximum atomic E-state index is 12.5. The van der Waals surface area contributed by atoms with Gasteiger partial charge in [0, 0.05) is 22.3 Å². The van der Waals surface area contributed by atoms with Crippen molar-refractivity contribution in [2.45, 2.75) is 30.0 Å². The highest BCUT2D eigenvalue weighted by Gasteiger charge is 2.33. The van der Waals surface area contributed by atoms with Crippen LogP contribution in [0.5, 0.6) is 0 Å². The van der Waals surface area contributed by atoms with Crippen molar-refractivity contribution in [3.05, 3.63) is 29.8 Å². The van der Waals surface area contributed by atoms with Gasteiger partial charge in [-0.25, -0.2) is 4.79 Å². The first-order valence-electron chi connectivity index (χ1n) is 7.04. The molecule has 1 aliphatic heterocycles. The number of nitrogens with zero attached hydrogens (tertiary/aromatic N) is 1. The molecule has 0 unspecified atom stereocenters. The van der Waals surface area contributed by atoms with E-state index in [2.05, 4.69) is 0 Å². The van der Waals surface area contributed by atoms with Crippen LogP contribution >= 0.6 is 0 Å². The van der Waals surface area contributed by atoms with Gasteiger partial charge in [-0.1, -0.05) is 13.8 Å². The topological polar surface area (TPSA) is 83.9 Å². The summed E-state index contributed by atoms with van der Waals surface area (Å²) >= 11 is 0. The van der Waals surface area contributed by atoms with E-state index >= 15 is 0 Å². The lowest BCUT2D eigenvalue weighted by molar-refractivity contribution is -0.147. The number of rotatable bonds is 4. The molecule has 6 nitrogen and oxygen atoms in total. The van der Waals surface area contributed by atoms with Gasteiger partial charge in [0.2, 0.25) is 0 Å². The maximum absolute atomic E-state index is 12.5. The summed E-state index contributed by atoms with van der Waals surface area (Å²) in [6.45, 7) is 4.29. The summed E-state index contributed by atoms with van der Waals surface area (Å²) in [6, 6.07) is 5.52. The molecule has 0 radical (unpaired) electrons. The van der Waals surface area contributed by atoms with Crippen LogP contribution in [0.3, 0.4) is 0 Å². The first-order valence-corrected chi connectivity index (χ1v) is 8.25. The largest absolute Gasteiger partial charge is 0.480 e. The van der Waals surface area contributed by atoms with Gasteiger partial charge >= 0.3 is 5.97 Å². The van der Waals surface area contributed by atoms with Gasteiger partial charge in [0.05, 0.1) is 24.0 Å². The van der Waals surface area contributed by atoms with Crippen LogP contribution in [0.1, 0.15) is 24.2 Å². The van der Waals surface area contributed by atoms with Gasteiger partial charge in [-0.05, 0) is 24.3 Å². The van der Waals surface area contributed by atoms with Crippen LogP contribution in [0.4, 0.5) is 0 Å². The molecule has 1 fully saturated rings. The molecule has 0 saturated carbocycles. The van der Waals surface area contributed by atoms with Crippen LogP contribution < -0.4 is 0 Å². The van der Waals surface area contributed by atoms with Crippen molar-refractivity contribution in [1.82, 2.24) is 4.90 Å². The zero-order valence-electron chi connectivity index (χ0n) is 12.5. The van der Waals surface area contributed by atoms with Gasteiger partial charge in [0.15, 0.2) is 6.04 Å². The number of carboxylic acid groups (broad SMARTS) is 1. The fraction of sp³-hybridized carbons (Fsp3) is 0.467. The van der Waals surface area contributed by atoms with Crippen molar-refractivity contribution in [3.63, 3.8) is 0 Å². The monoisotopic (exact) mass is 325 g/mol. The maximum Gasteiger partial charge on any atom is 0.328 e. The van der Waals surface area contributed by atoms with Crippen molar-refractivity contribution >= 4 is 22.7 Å². The van der Waals surface area contributed by atoms with Gasteiger partial charge in [-0.2, -0.15) is 0 Å². The first-order chi connectivity index (χ1) is 10.4. The summed E-state index contributed by atoms with van der Waals surface area (Å²) in [5.41, 5.74) is 0.387. The molecule has 1 heterocycles. The summed E-state index contributed by atoms with van der Waals surface area (Å²) in [4.78, 5) is 25.6. The number of ether oxygens (including phenoxy) is 1. The van der Waals surface area contributed by atoms with Crippen LogP contribution in [0.25, 0.3) is 0 Å². The Labute approximate surface area is 131 Å². The Morgan fingerprint density at radius 3 is 2.50 bits per heavy atom. The smallest absolute Gasteiger partial charge is 0.328 e. The molecule has 2 atom stereocenters. The molecule has 0 aromatic heterocycles. The number of aliphatic carboxylic acids is 1. The second-order valence-corrected chi connectivity index (χ2v) is 7.31. The quantitative estimate of drug-likeness (QED) is 0.897. The van der Waals surface area contributed by atoms with E-state index in [0.29, 0.717) is 17.1 Å². The number of carboxylic acids is 1. The number of amides is 1. The molecule has 1 aromatic rings. The van der Waals surface area contributed by atoms with E-state index in [1.165, 1.54) is 4.90 Å². The lowest BCUT2D eigenvalue weighted by atomic mass is 10.1. The second kappa shape index (κ2) is 7.02. The Hall–Kier alpha value is -1.73. The molecule has 1 aliphatic rings. The number of hydrogen-bond donors (Lipinski definition) is 1. The Kier molecular flexibility index (Phi) is 5.31. The molecule has 0 spiro atoms. The zero-order chi connectivity index (χ0) is 16.3. The molecule has 1 N–H and O–H groups in total. The minimum Gasteiger partial charge on any atom is -0.480 e. The Balaban J connectivity index is 2.18. The number of carbonyl (C=O) groups is 2. The predicted molar refractivity (Wildman–Crippen MR) is 81.3 cm³/mol. The number of morpholine rings is 1. The normalized spacial score (nSPS) is 20.0. The molecular formula is C15H19NO5S. The average molecular weight is 325 g/mol. The molecular weight excluding hydrogens is 306 g/mol. The molecule has 1 aromatic carbocycles. The molecule has 0 aliphatic carbocycles. The van der Waals surface area contributed by atoms with Crippen LogP contribution in [0, 0.1) is 0 Å². The molecule has 7 heteroatoms. The lowest BCUT2D eigenvalue weighted by Crippen LogP contribution is -2.52. The summed E-state index contributed by atoms with van der Waals surface area (Å²) in [7, 11) is -1.11. The third kappa shape index (κ3) is 3.53. The van der Waals surface area contributed by atoms with Crippen LogP contribution in [0.2, 0.25) is 0 Å². The van der Waals surface area contributed by atoms with E-state index in [0.717, 1.165) is 0 Å². The molecule has 120 valence electrons. The van der Waals surface area contributed by atoms with Crippen molar-refractivity contribution in [3.8, 4) is 0 Å². The van der Waals surface area contributed by atoms with E-state index in [-0.39, 0.29) is 24.3 Å². The highest BCUT2D eigenvalue weighted by Crippen LogP contribution is 2.16. The number of carbonyl (C=O) groups excluding carboxylic acids is 1. The minimum atomic E-state index is -1.11. The third-order valence-electron chi connectivity index (χ3n) is 3.44. The van der Waals surface area contributed by atoms with Crippen molar-refractivity contribution in [2.24, 2.45) is 0 Å². The SMILES string of the molecule is CC(C)[S@@](=O)c1ccc(C(=O)N2CCOC[C@H]2C(=O)O)cc1. The average Bonchev–Trinajstić information content (AvgIpc) is 2.53. The third-order valence-corrected chi connectivity index (χ3v) is 5.03. The second-order valence-electron chi connectivity index (χ2n) is 5.30. The van der Waals surface area contributed by atoms with Crippen LogP contribution in [0.15, 0.2) is 29.2 Å². The standard InChI is InChI=1S/C15H19NO5S/c1-10(2)22(20)12-5-3-11(4-6-12)14(17)16-7-8-21-9-13(16)15(18)19/h3-6,10,13H,7-9H2,1-2H3,(H,18,19)/t13-,22+/m0/s1. The van der Waals surface area contributed by atoms with Gasteiger partial charge in [-0.15, -0.1) is 0 Å². The summed E-state index contributed by atoms with van der Waals surface area (Å²) in [5.74, 6) is -1.43. The fourth-order valence-corrected chi connectivity index (χ4v) is 3.17. The van der Waals surface area contributed by atoms with Crippen LogP contribution in [-0.4, -0.2) is 57.1 Å². The van der Waals surface area contributed by atoms with Crippen LogP contribution in [-0.2, 0) is 20.3 Å². The first kappa shape index (κ1) is 16.6. The Bertz CT molecular complexity index is 584. The molecule has 1 amide bonds. The molecule has 1 saturated heterocycles. The van der Waals surface area contributed by atoms with Gasteiger partial charge in [0.25, 0.3) is 5.91 Å². The summed E-state index contributed by atoms with van der Waals surface area (Å²) < 4.78 is 17.1. The van der Waals surface area contributed by atoms with Crippen molar-refractivity contribution in [2.75, 3.05) is 19.8 Å². The zero-order valence-corrected chi connectivity index (χ0v) is 13.3. The van der Waals surface area contributed by atoms with E-state index in [1.807, 2.05) is 13.8 Å². The van der Waals surface area contributed by atoms with E-state index < -0.39 is 22.8 Å². The van der Waals surface area contributed by atoms with Crippen molar-refractivity contribution in [1.29, 1.82) is 0 Å². The lowest BCUT2D eigenvalue weighted by Gasteiger charge is -2.32. The van der Waals surface area contributed by atoms with E-state index in [9.17, 15) is 13.8 Å². The van der Waals surface area contributed by atoms with E-state index in [4.69, 9.17) is 9.84 Å². The molecule has 22 heavy (non-hydrogen) atoms. The van der Waals surface area contributed by atoms with Gasteiger partial charge in [0.1, 0.15) is 0 Å². The highest BCUT2D eigenvalue weighted by molar-refractivity contribution is 7.85. The highest BCUT2D eigenvalue weighted by atomic mass is 32.2. The van der Waals surface area contributed by atoms with Gasteiger partial charge in [-0.3, -0.25) is 9.00 Å². The van der Waals surface area contributed by atoms with Crippen molar-refractivity contribution < 1.29 is 23.6 Å². The van der Waals surface area contributed by atoms with E-state index in [1.54, 1.807) is 24.3 Å². The number of benzene rings is 1. The number of hydrogen-bond acceptors (Lipinski definition) is 4. The summed E-state index contributed by atoms with van der Waals surface area (Å²) in [5, 5.41) is 9.17. The molecule has 0 bridgehead atoms. The van der Waals surface area contributed by atoms with Gasteiger partial charge < -0.3 is 14.7 Å². The predicted octanol–water partition coefficient (Wildman–Crippen LogP) is 1.13.